The molecule has 148 valence electrons. The molecule has 0 aromatic heterocycles. The molecular weight excluding hydrogens is 383 g/mol. The van der Waals surface area contributed by atoms with Gasteiger partial charge in [-0.2, -0.15) is 0 Å². The van der Waals surface area contributed by atoms with E-state index in [0.717, 1.165) is 18.2 Å². The minimum absolute atomic E-state index is 0.0689. The molecule has 0 radical (unpaired) electrons. The largest absolute Gasteiger partial charge is 0.451 e. The third-order valence-corrected chi connectivity index (χ3v) is 5.57. The second-order valence-electron chi connectivity index (χ2n) is 6.75. The monoisotopic (exact) mass is 404 g/mol. The lowest BCUT2D eigenvalue weighted by atomic mass is 9.96. The number of hydrogen-bond acceptors (Lipinski definition) is 5. The van der Waals surface area contributed by atoms with Crippen LogP contribution in [0.5, 0.6) is 5.75 Å². The van der Waals surface area contributed by atoms with Gasteiger partial charge in [0.25, 0.3) is 0 Å². The molecule has 1 atom stereocenters. The zero-order valence-electron chi connectivity index (χ0n) is 15.9. The maximum absolute atomic E-state index is 13.2. The molecule has 1 unspecified atom stereocenters. The summed E-state index contributed by atoms with van der Waals surface area (Å²) in [5, 5.41) is 0. The van der Waals surface area contributed by atoms with E-state index in [1.165, 1.54) is 30.3 Å². The molecule has 28 heavy (non-hydrogen) atoms. The van der Waals surface area contributed by atoms with E-state index in [9.17, 15) is 17.6 Å². The lowest BCUT2D eigenvalue weighted by molar-refractivity contribution is -0.141. The zero-order valence-corrected chi connectivity index (χ0v) is 16.7. The molecule has 0 saturated heterocycles. The summed E-state index contributed by atoms with van der Waals surface area (Å²) >= 11 is 0. The van der Waals surface area contributed by atoms with Crippen LogP contribution in [0.25, 0.3) is 5.57 Å². The van der Waals surface area contributed by atoms with Gasteiger partial charge >= 0.3 is 5.97 Å². The van der Waals surface area contributed by atoms with Crippen LogP contribution in [0.4, 0.5) is 4.39 Å². The van der Waals surface area contributed by atoms with E-state index in [-0.39, 0.29) is 16.4 Å². The van der Waals surface area contributed by atoms with Gasteiger partial charge in [0.1, 0.15) is 17.7 Å². The molecule has 2 aromatic carbocycles. The van der Waals surface area contributed by atoms with Gasteiger partial charge in [0.15, 0.2) is 9.84 Å². The first kappa shape index (κ1) is 20.1. The van der Waals surface area contributed by atoms with Crippen molar-refractivity contribution in [2.75, 3.05) is 6.26 Å². The fourth-order valence-electron chi connectivity index (χ4n) is 3.15. The molecule has 5 nitrogen and oxygen atoms in total. The average Bonchev–Trinajstić information content (AvgIpc) is 2.91. The van der Waals surface area contributed by atoms with Gasteiger partial charge in [0.2, 0.25) is 5.76 Å². The van der Waals surface area contributed by atoms with Crippen molar-refractivity contribution in [1.82, 2.24) is 0 Å². The number of sulfone groups is 1. The quantitative estimate of drug-likeness (QED) is 0.680. The standard InChI is InChI=1S/C21H21FO5S/c1-4-5-17-19(16-12-13(2)6-11-18(16)28(3,24)25)20(21(23)27-17)26-15-9-7-14(22)8-10-15/h6-12,17H,4-5H2,1-3H3. The summed E-state index contributed by atoms with van der Waals surface area (Å²) in [6.45, 7) is 3.78. The molecule has 0 fully saturated rings. The van der Waals surface area contributed by atoms with Gasteiger partial charge < -0.3 is 9.47 Å². The van der Waals surface area contributed by atoms with Crippen molar-refractivity contribution >= 4 is 21.4 Å². The van der Waals surface area contributed by atoms with Gasteiger partial charge in [-0.3, -0.25) is 0 Å². The highest BCUT2D eigenvalue weighted by molar-refractivity contribution is 7.90. The van der Waals surface area contributed by atoms with E-state index in [2.05, 4.69) is 0 Å². The van der Waals surface area contributed by atoms with Crippen molar-refractivity contribution in [3.63, 3.8) is 0 Å². The second-order valence-corrected chi connectivity index (χ2v) is 8.74. The van der Waals surface area contributed by atoms with Crippen molar-refractivity contribution in [2.45, 2.75) is 37.7 Å². The van der Waals surface area contributed by atoms with Crippen LogP contribution in [-0.2, 0) is 19.4 Å². The Bertz CT molecular complexity index is 1040. The Labute approximate surface area is 163 Å². The lowest BCUT2D eigenvalue weighted by Gasteiger charge is -2.16. The number of rotatable bonds is 6. The number of benzene rings is 2. The van der Waals surface area contributed by atoms with Crippen molar-refractivity contribution < 1.29 is 27.1 Å². The molecule has 1 heterocycles. The number of aryl methyl sites for hydroxylation is 1. The minimum Gasteiger partial charge on any atom is -0.451 e. The maximum atomic E-state index is 13.2. The fourth-order valence-corrected chi connectivity index (χ4v) is 4.04. The maximum Gasteiger partial charge on any atom is 0.375 e. The summed E-state index contributed by atoms with van der Waals surface area (Å²) in [4.78, 5) is 12.6. The van der Waals surface area contributed by atoms with E-state index >= 15 is 0 Å². The van der Waals surface area contributed by atoms with Gasteiger partial charge in [0.05, 0.1) is 10.5 Å². The first-order chi connectivity index (χ1) is 13.2. The molecule has 0 N–H and O–H groups in total. The predicted molar refractivity (Wildman–Crippen MR) is 103 cm³/mol. The van der Waals surface area contributed by atoms with Crippen LogP contribution in [0.1, 0.15) is 30.9 Å². The van der Waals surface area contributed by atoms with Crippen LogP contribution in [-0.4, -0.2) is 26.7 Å². The number of carbonyl (C=O) groups excluding carboxylic acids is 1. The van der Waals surface area contributed by atoms with Crippen LogP contribution in [0.2, 0.25) is 0 Å². The van der Waals surface area contributed by atoms with Crippen molar-refractivity contribution in [3.8, 4) is 5.75 Å². The molecule has 0 saturated carbocycles. The predicted octanol–water partition coefficient (Wildman–Crippen LogP) is 4.05. The molecular formula is C21H21FO5S. The van der Waals surface area contributed by atoms with Gasteiger partial charge in [-0.1, -0.05) is 31.0 Å². The van der Waals surface area contributed by atoms with E-state index in [1.54, 1.807) is 12.1 Å². The summed E-state index contributed by atoms with van der Waals surface area (Å²) in [5.41, 5.74) is 1.63. The fraction of sp³-hybridized carbons (Fsp3) is 0.286. The Morgan fingerprint density at radius 1 is 1.14 bits per heavy atom. The average molecular weight is 404 g/mol. The number of carbonyl (C=O) groups is 1. The number of halogens is 1. The van der Waals surface area contributed by atoms with Crippen LogP contribution in [0, 0.1) is 12.7 Å². The highest BCUT2D eigenvalue weighted by Gasteiger charge is 2.38. The van der Waals surface area contributed by atoms with Crippen LogP contribution in [0.3, 0.4) is 0 Å². The molecule has 0 amide bonds. The summed E-state index contributed by atoms with van der Waals surface area (Å²) < 4.78 is 49.1. The molecule has 7 heteroatoms. The molecule has 2 aromatic rings. The lowest BCUT2D eigenvalue weighted by Crippen LogP contribution is -2.13. The second kappa shape index (κ2) is 7.75. The van der Waals surface area contributed by atoms with E-state index in [0.29, 0.717) is 17.6 Å². The van der Waals surface area contributed by atoms with Gasteiger partial charge in [-0.25, -0.2) is 17.6 Å². The summed E-state index contributed by atoms with van der Waals surface area (Å²) in [6, 6.07) is 10.2. The highest BCUT2D eigenvalue weighted by Crippen LogP contribution is 2.38. The van der Waals surface area contributed by atoms with E-state index in [4.69, 9.17) is 9.47 Å². The molecule has 0 spiro atoms. The van der Waals surface area contributed by atoms with Crippen LogP contribution >= 0.6 is 0 Å². The Hall–Kier alpha value is -2.67. The first-order valence-corrected chi connectivity index (χ1v) is 10.8. The molecule has 0 aliphatic carbocycles. The highest BCUT2D eigenvalue weighted by atomic mass is 32.2. The Morgan fingerprint density at radius 2 is 1.82 bits per heavy atom. The molecule has 0 bridgehead atoms. The van der Waals surface area contributed by atoms with Crippen LogP contribution in [0.15, 0.2) is 53.1 Å². The topological polar surface area (TPSA) is 69.7 Å². The Morgan fingerprint density at radius 3 is 2.43 bits per heavy atom. The van der Waals surface area contributed by atoms with Gasteiger partial charge in [0, 0.05) is 11.8 Å². The number of ether oxygens (including phenoxy) is 2. The number of cyclic esters (lactones) is 1. The van der Waals surface area contributed by atoms with Gasteiger partial charge in [-0.15, -0.1) is 0 Å². The van der Waals surface area contributed by atoms with Crippen molar-refractivity contribution in [1.29, 1.82) is 0 Å². The summed E-state index contributed by atoms with van der Waals surface area (Å²) in [7, 11) is -3.55. The van der Waals surface area contributed by atoms with Crippen molar-refractivity contribution in [3.05, 3.63) is 65.2 Å². The van der Waals surface area contributed by atoms with E-state index in [1.807, 2.05) is 13.8 Å². The minimum atomic E-state index is -3.55. The third-order valence-electron chi connectivity index (χ3n) is 4.41. The third kappa shape index (κ3) is 4.09. The summed E-state index contributed by atoms with van der Waals surface area (Å²) in [5.74, 6) is -0.909. The summed E-state index contributed by atoms with van der Waals surface area (Å²) in [6.07, 6.45) is 1.75. The Balaban J connectivity index is 2.21. The Kier molecular flexibility index (Phi) is 5.56. The normalized spacial score (nSPS) is 17.0. The zero-order chi connectivity index (χ0) is 20.5. The smallest absolute Gasteiger partial charge is 0.375 e. The van der Waals surface area contributed by atoms with Crippen molar-refractivity contribution in [2.24, 2.45) is 0 Å². The van der Waals surface area contributed by atoms with E-state index < -0.39 is 27.7 Å². The molecule has 3 rings (SSSR count). The van der Waals surface area contributed by atoms with Crippen LogP contribution < -0.4 is 4.74 Å². The first-order valence-electron chi connectivity index (χ1n) is 8.90. The number of esters is 1. The van der Waals surface area contributed by atoms with Gasteiger partial charge in [-0.05, 0) is 43.7 Å². The SMILES string of the molecule is CCCC1OC(=O)C(Oc2ccc(F)cc2)=C1c1cc(C)ccc1S(C)(=O)=O. The number of hydrogen-bond donors (Lipinski definition) is 0. The molecule has 1 aliphatic rings. The molecule has 1 aliphatic heterocycles.